The SMILES string of the molecule is CC1(F)CC2(CC=C(OS(=O)(=O)C(F)(F)F)CC2)C1. The van der Waals surface area contributed by atoms with Gasteiger partial charge in [0.25, 0.3) is 0 Å². The van der Waals surface area contributed by atoms with E-state index >= 15 is 0 Å². The number of allylic oxidation sites excluding steroid dienone is 2. The molecule has 0 aromatic carbocycles. The first kappa shape index (κ1) is 14.6. The van der Waals surface area contributed by atoms with E-state index in [1.54, 1.807) is 0 Å². The van der Waals surface area contributed by atoms with Crippen LogP contribution in [0.1, 0.15) is 39.0 Å². The van der Waals surface area contributed by atoms with Crippen molar-refractivity contribution in [3.05, 3.63) is 11.8 Å². The third-order valence-corrected chi connectivity index (χ3v) is 4.65. The zero-order chi connectivity index (χ0) is 14.5. The number of rotatable bonds is 2. The van der Waals surface area contributed by atoms with E-state index in [9.17, 15) is 26.0 Å². The van der Waals surface area contributed by atoms with Crippen LogP contribution in [0.3, 0.4) is 0 Å². The van der Waals surface area contributed by atoms with Crippen molar-refractivity contribution in [2.24, 2.45) is 5.41 Å². The molecular formula is C11H14F4O3S. The lowest BCUT2D eigenvalue weighted by molar-refractivity contribution is -0.0644. The molecule has 1 fully saturated rings. The average Bonchev–Trinajstić information content (AvgIpc) is 2.16. The van der Waals surface area contributed by atoms with Gasteiger partial charge < -0.3 is 4.18 Å². The normalized spacial score (nSPS) is 35.7. The molecule has 0 heterocycles. The summed E-state index contributed by atoms with van der Waals surface area (Å²) in [5, 5.41) is 0. The van der Waals surface area contributed by atoms with Gasteiger partial charge >= 0.3 is 15.6 Å². The van der Waals surface area contributed by atoms with E-state index in [2.05, 4.69) is 4.18 Å². The number of hydrogen-bond donors (Lipinski definition) is 0. The first-order valence-corrected chi connectivity index (χ1v) is 7.24. The van der Waals surface area contributed by atoms with Gasteiger partial charge in [0.2, 0.25) is 0 Å². The Bertz CT molecular complexity index is 497. The van der Waals surface area contributed by atoms with Crippen LogP contribution in [0.4, 0.5) is 17.6 Å². The number of hydrogen-bond acceptors (Lipinski definition) is 3. The van der Waals surface area contributed by atoms with Gasteiger partial charge in [-0.25, -0.2) is 4.39 Å². The van der Waals surface area contributed by atoms with Gasteiger partial charge in [0.1, 0.15) is 11.4 Å². The molecular weight excluding hydrogens is 288 g/mol. The monoisotopic (exact) mass is 302 g/mol. The van der Waals surface area contributed by atoms with Crippen molar-refractivity contribution < 1.29 is 30.2 Å². The van der Waals surface area contributed by atoms with Crippen molar-refractivity contribution in [1.82, 2.24) is 0 Å². The molecule has 0 unspecified atom stereocenters. The standard InChI is InChI=1S/C11H14F4O3S/c1-9(12)6-10(7-9)4-2-8(3-5-10)18-19(16,17)11(13,14)15/h2H,3-7H2,1H3. The van der Waals surface area contributed by atoms with Crippen LogP contribution in [0.15, 0.2) is 11.8 Å². The highest BCUT2D eigenvalue weighted by atomic mass is 32.2. The predicted molar refractivity (Wildman–Crippen MR) is 59.2 cm³/mol. The Kier molecular flexibility index (Phi) is 3.15. The van der Waals surface area contributed by atoms with Crippen molar-refractivity contribution in [3.63, 3.8) is 0 Å². The smallest absolute Gasteiger partial charge is 0.381 e. The van der Waals surface area contributed by atoms with Gasteiger partial charge in [-0.15, -0.1) is 0 Å². The van der Waals surface area contributed by atoms with Gasteiger partial charge in [-0.2, -0.15) is 21.6 Å². The van der Waals surface area contributed by atoms with E-state index in [4.69, 9.17) is 0 Å². The van der Waals surface area contributed by atoms with Crippen LogP contribution in [-0.2, 0) is 14.3 Å². The molecule has 0 amide bonds. The Labute approximate surface area is 108 Å². The molecule has 0 radical (unpaired) electrons. The second-order valence-electron chi connectivity index (χ2n) is 5.62. The Morgan fingerprint density at radius 2 is 1.89 bits per heavy atom. The fourth-order valence-electron chi connectivity index (χ4n) is 3.02. The molecule has 1 spiro atoms. The third kappa shape index (κ3) is 2.88. The maximum Gasteiger partial charge on any atom is 0.534 e. The molecule has 2 aliphatic rings. The summed E-state index contributed by atoms with van der Waals surface area (Å²) in [4.78, 5) is 0. The lowest BCUT2D eigenvalue weighted by Crippen LogP contribution is -2.47. The summed E-state index contributed by atoms with van der Waals surface area (Å²) in [6.07, 6.45) is 2.94. The summed E-state index contributed by atoms with van der Waals surface area (Å²) in [7, 11) is -5.59. The van der Waals surface area contributed by atoms with Gasteiger partial charge in [0.05, 0.1) is 0 Å². The van der Waals surface area contributed by atoms with E-state index in [0.29, 0.717) is 25.7 Å². The topological polar surface area (TPSA) is 43.4 Å². The molecule has 110 valence electrons. The summed E-state index contributed by atoms with van der Waals surface area (Å²) in [5.41, 5.74) is -6.88. The first-order valence-electron chi connectivity index (χ1n) is 5.84. The van der Waals surface area contributed by atoms with E-state index < -0.39 is 21.3 Å². The van der Waals surface area contributed by atoms with E-state index in [1.807, 2.05) is 0 Å². The van der Waals surface area contributed by atoms with Crippen molar-refractivity contribution >= 4 is 10.1 Å². The molecule has 0 aromatic heterocycles. The van der Waals surface area contributed by atoms with Crippen LogP contribution in [0.5, 0.6) is 0 Å². The molecule has 2 aliphatic carbocycles. The van der Waals surface area contributed by atoms with Crippen LogP contribution >= 0.6 is 0 Å². The summed E-state index contributed by atoms with van der Waals surface area (Å²) >= 11 is 0. The van der Waals surface area contributed by atoms with E-state index in [1.165, 1.54) is 13.0 Å². The second kappa shape index (κ2) is 4.10. The van der Waals surface area contributed by atoms with Crippen LogP contribution in [-0.4, -0.2) is 19.6 Å². The molecule has 3 nitrogen and oxygen atoms in total. The summed E-state index contributed by atoms with van der Waals surface area (Å²) in [6, 6.07) is 0. The molecule has 0 bridgehead atoms. The van der Waals surface area contributed by atoms with E-state index in [-0.39, 0.29) is 17.6 Å². The lowest BCUT2D eigenvalue weighted by atomic mass is 9.56. The van der Waals surface area contributed by atoms with Gasteiger partial charge in [-0.3, -0.25) is 0 Å². The Balaban J connectivity index is 2.00. The number of halogens is 4. The first-order chi connectivity index (χ1) is 8.45. The quantitative estimate of drug-likeness (QED) is 0.446. The molecule has 0 saturated heterocycles. The zero-order valence-corrected chi connectivity index (χ0v) is 11.1. The average molecular weight is 302 g/mol. The van der Waals surface area contributed by atoms with Gasteiger partial charge in [0.15, 0.2) is 0 Å². The predicted octanol–water partition coefficient (Wildman–Crippen LogP) is 3.43. The largest absolute Gasteiger partial charge is 0.534 e. The van der Waals surface area contributed by atoms with Crippen LogP contribution in [0.2, 0.25) is 0 Å². The summed E-state index contributed by atoms with van der Waals surface area (Å²) in [6.45, 7) is 1.49. The fourth-order valence-corrected chi connectivity index (χ4v) is 3.55. The second-order valence-corrected chi connectivity index (χ2v) is 7.16. The van der Waals surface area contributed by atoms with Crippen LogP contribution in [0.25, 0.3) is 0 Å². The van der Waals surface area contributed by atoms with Crippen molar-refractivity contribution in [2.45, 2.75) is 50.2 Å². The lowest BCUT2D eigenvalue weighted by Gasteiger charge is -2.51. The minimum atomic E-state index is -5.59. The Morgan fingerprint density at radius 1 is 1.32 bits per heavy atom. The molecule has 0 atom stereocenters. The maximum atomic E-state index is 13.5. The Hall–Kier alpha value is -0.790. The minimum Gasteiger partial charge on any atom is -0.381 e. The molecule has 8 heteroatoms. The Morgan fingerprint density at radius 3 is 2.26 bits per heavy atom. The van der Waals surface area contributed by atoms with Crippen molar-refractivity contribution in [2.75, 3.05) is 0 Å². The maximum absolute atomic E-state index is 13.5. The molecule has 0 aliphatic heterocycles. The minimum absolute atomic E-state index is 0.0887. The van der Waals surface area contributed by atoms with Crippen LogP contribution < -0.4 is 0 Å². The van der Waals surface area contributed by atoms with Gasteiger partial charge in [-0.1, -0.05) is 0 Å². The highest BCUT2D eigenvalue weighted by Crippen LogP contribution is 2.57. The van der Waals surface area contributed by atoms with Crippen LogP contribution in [0, 0.1) is 5.41 Å². The summed E-state index contributed by atoms with van der Waals surface area (Å²) in [5.74, 6) is -0.199. The molecule has 0 aromatic rings. The van der Waals surface area contributed by atoms with Crippen molar-refractivity contribution in [1.29, 1.82) is 0 Å². The fraction of sp³-hybridized carbons (Fsp3) is 0.818. The number of alkyl halides is 4. The molecule has 1 saturated carbocycles. The highest BCUT2D eigenvalue weighted by molar-refractivity contribution is 7.87. The summed E-state index contributed by atoms with van der Waals surface area (Å²) < 4.78 is 75.6. The zero-order valence-electron chi connectivity index (χ0n) is 10.3. The van der Waals surface area contributed by atoms with E-state index in [0.717, 1.165) is 0 Å². The van der Waals surface area contributed by atoms with Crippen molar-refractivity contribution in [3.8, 4) is 0 Å². The van der Waals surface area contributed by atoms with Gasteiger partial charge in [0, 0.05) is 6.42 Å². The van der Waals surface area contributed by atoms with Gasteiger partial charge in [-0.05, 0) is 44.1 Å². The molecule has 0 N–H and O–H groups in total. The third-order valence-electron chi connectivity index (χ3n) is 3.65. The molecule has 19 heavy (non-hydrogen) atoms. The molecule has 2 rings (SSSR count). The highest BCUT2D eigenvalue weighted by Gasteiger charge is 2.53.